The molecule has 0 radical (unpaired) electrons. The summed E-state index contributed by atoms with van der Waals surface area (Å²) in [4.78, 5) is 33.7. The number of amides is 1. The number of rotatable bonds is 29. The van der Waals surface area contributed by atoms with Crippen molar-refractivity contribution in [2.24, 2.45) is 22.9 Å². The molecule has 0 saturated heterocycles. The molecule has 6 atom stereocenters. The Hall–Kier alpha value is -5.64. The smallest absolute Gasteiger partial charge is 0.410 e. The maximum Gasteiger partial charge on any atom is 0.410 e. The number of hydrogen-bond acceptors (Lipinski definition) is 13. The Morgan fingerprint density at radius 3 is 2.33 bits per heavy atom. The number of aliphatic hydroxyl groups is 2. The number of aliphatic hydroxyl groups excluding tert-OH is 2. The molecule has 3 aromatic carbocycles. The van der Waals surface area contributed by atoms with Crippen LogP contribution in [-0.4, -0.2) is 84.0 Å². The molecule has 0 spiro atoms. The average molecular weight is 968 g/mol. The van der Waals surface area contributed by atoms with Gasteiger partial charge in [-0.15, -0.1) is 6.58 Å². The number of non-ortho nitro benzene ring substituents is 1. The molecule has 3 aromatic rings. The Balaban J connectivity index is 1.31. The summed E-state index contributed by atoms with van der Waals surface area (Å²) in [6, 6.07) is 16.5. The molecule has 15 nitrogen and oxygen atoms in total. The van der Waals surface area contributed by atoms with E-state index in [1.165, 1.54) is 57.8 Å². The summed E-state index contributed by atoms with van der Waals surface area (Å²) in [5.41, 5.74) is 3.08. The minimum absolute atomic E-state index is 0.0141. The average Bonchev–Trinajstić information content (AvgIpc) is 3.84. The number of ether oxygens (including phenoxy) is 6. The molecule has 7 rings (SSSR count). The van der Waals surface area contributed by atoms with Crippen molar-refractivity contribution in [1.29, 1.82) is 0 Å². The van der Waals surface area contributed by atoms with Gasteiger partial charge < -0.3 is 43.5 Å². The van der Waals surface area contributed by atoms with Crippen molar-refractivity contribution in [2.75, 3.05) is 40.3 Å². The zero-order chi connectivity index (χ0) is 49.3. The lowest BCUT2D eigenvalue weighted by atomic mass is 9.55. The van der Waals surface area contributed by atoms with Gasteiger partial charge >= 0.3 is 6.09 Å². The molecule has 2 heterocycles. The van der Waals surface area contributed by atoms with Crippen LogP contribution in [0.3, 0.4) is 0 Å². The van der Waals surface area contributed by atoms with Crippen LogP contribution in [0.1, 0.15) is 133 Å². The van der Waals surface area contributed by atoms with Crippen molar-refractivity contribution in [3.63, 3.8) is 0 Å². The molecular weight excluding hydrogens is 895 g/mol. The van der Waals surface area contributed by atoms with Gasteiger partial charge in [-0.25, -0.2) is 4.79 Å². The van der Waals surface area contributed by atoms with E-state index in [9.17, 15) is 20.3 Å². The second kappa shape index (κ2) is 26.0. The molecule has 1 fully saturated rings. The molecule has 70 heavy (non-hydrogen) atoms. The first kappa shape index (κ1) is 52.2. The number of benzene rings is 3. The number of nitro groups is 1. The lowest BCUT2D eigenvalue weighted by Crippen LogP contribution is -2.70. The first-order chi connectivity index (χ1) is 34.2. The molecule has 15 heteroatoms. The lowest BCUT2D eigenvalue weighted by Gasteiger charge is -2.59. The minimum atomic E-state index is -1.52. The van der Waals surface area contributed by atoms with E-state index in [1.807, 2.05) is 30.3 Å². The first-order valence-corrected chi connectivity index (χ1v) is 25.6. The summed E-state index contributed by atoms with van der Waals surface area (Å²) < 4.78 is 38.6. The van der Waals surface area contributed by atoms with Gasteiger partial charge in [0.05, 0.1) is 35.8 Å². The van der Waals surface area contributed by atoms with E-state index >= 15 is 4.79 Å². The molecule has 4 aliphatic rings. The maximum absolute atomic E-state index is 15.0. The Labute approximate surface area is 412 Å². The van der Waals surface area contributed by atoms with Crippen LogP contribution in [0, 0.1) is 27.9 Å². The number of oxime groups is 1. The van der Waals surface area contributed by atoms with E-state index in [0.29, 0.717) is 47.3 Å². The third-order valence-electron chi connectivity index (χ3n) is 14.2. The number of hydrogen-bond donors (Lipinski definition) is 2. The van der Waals surface area contributed by atoms with Crippen molar-refractivity contribution in [3.05, 3.63) is 106 Å². The highest BCUT2D eigenvalue weighted by molar-refractivity contribution is 6.03. The number of carbonyl (C=O) groups is 1. The predicted molar refractivity (Wildman–Crippen MR) is 266 cm³/mol. The molecule has 2 aliphatic heterocycles. The van der Waals surface area contributed by atoms with Crippen LogP contribution < -0.4 is 18.9 Å². The first-order valence-electron chi connectivity index (χ1n) is 25.6. The maximum atomic E-state index is 15.0. The number of unbranched alkanes of at least 4 members (excludes halogenated alkanes) is 11. The SMILES string of the molecule is C=CCOC12Oc3ccc(Oc4cccc([N+](=O)[O-])c4)cc3C3C(CCCCO)C(CCCCO)C=C(C(=NOC)CC1N(Cc1ccc4c(c1)OCO4)C(=O)OCCCCCCCCCCCC)C32. The number of nitro benzene ring substituents is 1. The zero-order valence-corrected chi connectivity index (χ0v) is 41.1. The van der Waals surface area contributed by atoms with Crippen LogP contribution in [0.15, 0.2) is 90.1 Å². The van der Waals surface area contributed by atoms with E-state index < -0.39 is 28.8 Å². The highest BCUT2D eigenvalue weighted by atomic mass is 16.7. The van der Waals surface area contributed by atoms with Crippen LogP contribution in [-0.2, 0) is 20.9 Å². The fourth-order valence-corrected chi connectivity index (χ4v) is 11.0. The highest BCUT2D eigenvalue weighted by Crippen LogP contribution is 2.62. The van der Waals surface area contributed by atoms with Gasteiger partial charge in [-0.2, -0.15) is 0 Å². The molecule has 1 amide bonds. The zero-order valence-electron chi connectivity index (χ0n) is 41.1. The van der Waals surface area contributed by atoms with Crippen LogP contribution in [0.4, 0.5) is 10.5 Å². The monoisotopic (exact) mass is 968 g/mol. The summed E-state index contributed by atoms with van der Waals surface area (Å²) >= 11 is 0. The second-order valence-corrected chi connectivity index (χ2v) is 18.9. The molecule has 380 valence electrons. The molecule has 2 N–H and O–H groups in total. The van der Waals surface area contributed by atoms with Crippen LogP contribution in [0.25, 0.3) is 0 Å². The van der Waals surface area contributed by atoms with Gasteiger partial charge in [-0.05, 0) is 91.5 Å². The van der Waals surface area contributed by atoms with Gasteiger partial charge in [0.15, 0.2) is 11.5 Å². The number of allylic oxidation sites excluding steroid dienone is 1. The van der Waals surface area contributed by atoms with Crippen molar-refractivity contribution >= 4 is 17.5 Å². The van der Waals surface area contributed by atoms with Gasteiger partial charge in [0.2, 0.25) is 12.6 Å². The van der Waals surface area contributed by atoms with E-state index in [1.54, 1.807) is 29.2 Å². The molecule has 6 unspecified atom stereocenters. The van der Waals surface area contributed by atoms with Gasteiger partial charge in [0, 0.05) is 43.7 Å². The van der Waals surface area contributed by atoms with Crippen molar-refractivity contribution in [2.45, 2.75) is 140 Å². The Bertz CT molecular complexity index is 2270. The molecule has 0 bridgehead atoms. The van der Waals surface area contributed by atoms with E-state index in [0.717, 1.165) is 68.1 Å². The summed E-state index contributed by atoms with van der Waals surface area (Å²) in [7, 11) is 1.52. The molecule has 1 saturated carbocycles. The van der Waals surface area contributed by atoms with Crippen LogP contribution in [0.2, 0.25) is 0 Å². The van der Waals surface area contributed by atoms with Crippen molar-refractivity contribution in [3.8, 4) is 28.7 Å². The standard InChI is InChI=1S/C55H73N3O12/c1-4-6-7-8-9-10-11-12-13-18-31-65-54(61)57(37-39-24-26-49-50(32-39)67-38-66-49)51-36-47(56-64-3)45-33-40(20-14-16-28-59)44(23-15-17-29-60)52-46-35-43(69-42-22-19-21-41(34-42)58(62)63)25-27-48(46)70-55(51,53(45)52)68-30-5-2/h5,19,21-22,24-27,32-35,40,44,51-53,59-60H,2,4,6-18,20,23,28-31,36-38H2,1,3H3. The quantitative estimate of drug-likeness (QED) is 0.0291. The number of fused-ring (bicyclic) bond motifs is 3. The fraction of sp³-hybridized carbons (Fsp3) is 0.564. The van der Waals surface area contributed by atoms with Gasteiger partial charge in [-0.3, -0.25) is 15.0 Å². The molecule has 0 aromatic heterocycles. The Morgan fingerprint density at radius 2 is 1.60 bits per heavy atom. The fourth-order valence-electron chi connectivity index (χ4n) is 11.0. The summed E-state index contributed by atoms with van der Waals surface area (Å²) in [5, 5.41) is 36.4. The van der Waals surface area contributed by atoms with Gasteiger partial charge in [0.1, 0.15) is 30.4 Å². The summed E-state index contributed by atoms with van der Waals surface area (Å²) in [6.07, 6.45) is 19.4. The van der Waals surface area contributed by atoms with E-state index in [2.05, 4.69) is 19.6 Å². The third kappa shape index (κ3) is 12.6. The number of carbonyl (C=O) groups excluding carboxylic acids is 1. The Morgan fingerprint density at radius 1 is 0.886 bits per heavy atom. The second-order valence-electron chi connectivity index (χ2n) is 18.9. The predicted octanol–water partition coefficient (Wildman–Crippen LogP) is 11.9. The normalized spacial score (nSPS) is 22.3. The topological polar surface area (TPSA) is 181 Å². The van der Waals surface area contributed by atoms with Gasteiger partial charge in [-0.1, -0.05) is 107 Å². The highest BCUT2D eigenvalue weighted by Gasteiger charge is 2.65. The van der Waals surface area contributed by atoms with Gasteiger partial charge in [0.25, 0.3) is 5.69 Å². The molecular formula is C55H73N3O12. The lowest BCUT2D eigenvalue weighted by molar-refractivity contribution is -0.384. The summed E-state index contributed by atoms with van der Waals surface area (Å²) in [6.45, 7) is 6.97. The largest absolute Gasteiger partial charge is 0.459 e. The van der Waals surface area contributed by atoms with Crippen LogP contribution in [0.5, 0.6) is 28.7 Å². The summed E-state index contributed by atoms with van der Waals surface area (Å²) in [5.74, 6) is 0.0882. The van der Waals surface area contributed by atoms with Crippen LogP contribution >= 0.6 is 0 Å². The third-order valence-corrected chi connectivity index (χ3v) is 14.2. The van der Waals surface area contributed by atoms with E-state index in [-0.39, 0.29) is 69.6 Å². The molecule has 2 aliphatic carbocycles. The van der Waals surface area contributed by atoms with E-state index in [4.69, 9.17) is 38.4 Å². The number of nitrogens with zero attached hydrogens (tertiary/aromatic N) is 3. The van der Waals surface area contributed by atoms with Crippen molar-refractivity contribution in [1.82, 2.24) is 4.90 Å². The van der Waals surface area contributed by atoms with Crippen molar-refractivity contribution < 1.29 is 53.2 Å². The Kier molecular flexibility index (Phi) is 19.4. The minimum Gasteiger partial charge on any atom is -0.459 e.